The Balaban J connectivity index is 1.82. The highest BCUT2D eigenvalue weighted by Crippen LogP contribution is 2.50. The molecule has 4 rings (SSSR count). The van der Waals surface area contributed by atoms with E-state index in [1.165, 1.54) is 23.5 Å². The van der Waals surface area contributed by atoms with E-state index in [0.29, 0.717) is 13.0 Å². The Labute approximate surface area is 233 Å². The molecule has 0 aliphatic carbocycles. The van der Waals surface area contributed by atoms with Crippen LogP contribution in [0.3, 0.4) is 0 Å². The summed E-state index contributed by atoms with van der Waals surface area (Å²) < 4.78 is 41.8. The van der Waals surface area contributed by atoms with Gasteiger partial charge in [-0.2, -0.15) is 8.42 Å². The van der Waals surface area contributed by atoms with Crippen LogP contribution in [-0.2, 0) is 27.7 Å². The van der Waals surface area contributed by atoms with Crippen molar-refractivity contribution >= 4 is 21.5 Å². The summed E-state index contributed by atoms with van der Waals surface area (Å²) in [6.45, 7) is 6.73. The number of ether oxygens (including phenoxy) is 1. The van der Waals surface area contributed by atoms with Gasteiger partial charge in [-0.3, -0.25) is 4.55 Å². The first-order chi connectivity index (χ1) is 18.8. The van der Waals surface area contributed by atoms with Gasteiger partial charge < -0.3 is 9.64 Å². The Hall–Kier alpha value is -2.97. The zero-order chi connectivity index (χ0) is 27.9. The maximum Gasteiger partial charge on any atom is 0.278 e. The highest BCUT2D eigenvalue weighted by Gasteiger charge is 2.47. The molecule has 210 valence electrons. The maximum absolute atomic E-state index is 13.1. The molecule has 2 aromatic carbocycles. The first kappa shape index (κ1) is 29.0. The molecule has 2 heterocycles. The Morgan fingerprint density at radius 1 is 0.872 bits per heavy atom. The standard InChI is InChI=1S/C31H41N3O4S/c1-4-7-13-24-22-25(14-8-5-2)29-27(23-24)34(26-15-10-11-16-28(26)38-29)21-18-31(17-9-6-3,39(35,36)37)30-32-19-12-20-33-30/h10-12,15-16,19-20,22-23H,4-9,13-14,17-18,21H2,1-3H3,(H,35,36,37). The number of fused-ring (bicyclic) bond motifs is 2. The zero-order valence-corrected chi connectivity index (χ0v) is 24.2. The van der Waals surface area contributed by atoms with E-state index in [9.17, 15) is 13.0 Å². The van der Waals surface area contributed by atoms with E-state index in [1.54, 1.807) is 6.07 Å². The summed E-state index contributed by atoms with van der Waals surface area (Å²) >= 11 is 0. The Morgan fingerprint density at radius 3 is 2.26 bits per heavy atom. The summed E-state index contributed by atoms with van der Waals surface area (Å²) in [6, 6.07) is 14.0. The minimum atomic E-state index is -4.53. The molecule has 1 N–H and O–H groups in total. The molecule has 0 spiro atoms. The van der Waals surface area contributed by atoms with Crippen molar-refractivity contribution in [2.75, 3.05) is 11.4 Å². The summed E-state index contributed by atoms with van der Waals surface area (Å²) in [4.78, 5) is 10.8. The average Bonchev–Trinajstić information content (AvgIpc) is 2.94. The predicted octanol–water partition coefficient (Wildman–Crippen LogP) is 7.77. The lowest BCUT2D eigenvalue weighted by atomic mass is 9.94. The van der Waals surface area contributed by atoms with Crippen molar-refractivity contribution in [3.63, 3.8) is 0 Å². The number of unbranched alkanes of at least 4 members (excludes halogenated alkanes) is 3. The summed E-state index contributed by atoms with van der Waals surface area (Å²) in [6.07, 6.45) is 11.1. The van der Waals surface area contributed by atoms with Gasteiger partial charge in [0.15, 0.2) is 22.1 Å². The Bertz CT molecular complexity index is 1350. The topological polar surface area (TPSA) is 92.6 Å². The minimum Gasteiger partial charge on any atom is -0.453 e. The van der Waals surface area contributed by atoms with E-state index in [2.05, 4.69) is 40.8 Å². The van der Waals surface area contributed by atoms with Crippen molar-refractivity contribution in [3.8, 4) is 11.5 Å². The van der Waals surface area contributed by atoms with E-state index in [4.69, 9.17) is 4.74 Å². The van der Waals surface area contributed by atoms with Gasteiger partial charge in [0.25, 0.3) is 10.1 Å². The SMILES string of the molecule is CCCCc1cc(CCCC)c2c(c1)N(CCC(CCCC)(c1ncccn1)S(=O)(=O)O)c1ccccc1O2. The van der Waals surface area contributed by atoms with Crippen LogP contribution in [0.25, 0.3) is 0 Å². The smallest absolute Gasteiger partial charge is 0.278 e. The number of rotatable bonds is 14. The maximum atomic E-state index is 13.1. The normalized spacial score (nSPS) is 14.3. The lowest BCUT2D eigenvalue weighted by Crippen LogP contribution is -2.41. The summed E-state index contributed by atoms with van der Waals surface area (Å²) in [5.41, 5.74) is 4.27. The quantitative estimate of drug-likeness (QED) is 0.205. The lowest BCUT2D eigenvalue weighted by Gasteiger charge is -2.37. The van der Waals surface area contributed by atoms with E-state index in [1.807, 2.05) is 31.2 Å². The fraction of sp³-hybridized carbons (Fsp3) is 0.484. The van der Waals surface area contributed by atoms with Gasteiger partial charge in [-0.25, -0.2) is 9.97 Å². The molecule has 0 amide bonds. The van der Waals surface area contributed by atoms with E-state index < -0.39 is 14.9 Å². The highest BCUT2D eigenvalue weighted by atomic mass is 32.2. The molecule has 0 radical (unpaired) electrons. The van der Waals surface area contributed by atoms with Crippen molar-refractivity contribution in [2.24, 2.45) is 0 Å². The van der Waals surface area contributed by atoms with Gasteiger partial charge in [0.1, 0.15) is 0 Å². The number of anilines is 2. The molecule has 1 aromatic heterocycles. The molecule has 0 fully saturated rings. The molecular weight excluding hydrogens is 510 g/mol. The molecular formula is C31H41N3O4S. The summed E-state index contributed by atoms with van der Waals surface area (Å²) in [7, 11) is -4.53. The van der Waals surface area contributed by atoms with Gasteiger partial charge >= 0.3 is 0 Å². The second-order valence-corrected chi connectivity index (χ2v) is 12.2. The molecule has 7 nitrogen and oxygen atoms in total. The number of benzene rings is 2. The van der Waals surface area contributed by atoms with Gasteiger partial charge in [0.2, 0.25) is 0 Å². The van der Waals surface area contributed by atoms with Crippen LogP contribution in [0.4, 0.5) is 11.4 Å². The monoisotopic (exact) mass is 551 g/mol. The summed E-state index contributed by atoms with van der Waals surface area (Å²) in [5, 5.41) is 0. The predicted molar refractivity (Wildman–Crippen MR) is 157 cm³/mol. The summed E-state index contributed by atoms with van der Waals surface area (Å²) in [5.74, 6) is 1.72. The molecule has 0 bridgehead atoms. The van der Waals surface area contributed by atoms with Crippen molar-refractivity contribution in [3.05, 3.63) is 71.8 Å². The molecule has 1 atom stereocenters. The van der Waals surface area contributed by atoms with Crippen LogP contribution in [0.2, 0.25) is 0 Å². The molecule has 8 heteroatoms. The average molecular weight is 552 g/mol. The lowest BCUT2D eigenvalue weighted by molar-refractivity contribution is 0.378. The number of aromatic nitrogens is 2. The van der Waals surface area contributed by atoms with Crippen molar-refractivity contribution < 1.29 is 17.7 Å². The number of para-hydroxylation sites is 2. The molecule has 3 aromatic rings. The van der Waals surface area contributed by atoms with E-state index >= 15 is 0 Å². The third-order valence-electron chi connectivity index (χ3n) is 7.62. The highest BCUT2D eigenvalue weighted by molar-refractivity contribution is 7.86. The minimum absolute atomic E-state index is 0.132. The number of aryl methyl sites for hydroxylation is 2. The Kier molecular flexibility index (Phi) is 9.62. The molecule has 39 heavy (non-hydrogen) atoms. The van der Waals surface area contributed by atoms with Crippen LogP contribution in [-0.4, -0.2) is 29.5 Å². The van der Waals surface area contributed by atoms with Crippen molar-refractivity contribution in [2.45, 2.75) is 89.7 Å². The molecule has 0 saturated carbocycles. The fourth-order valence-electron chi connectivity index (χ4n) is 5.39. The second-order valence-electron chi connectivity index (χ2n) is 10.4. The molecule has 1 aliphatic rings. The first-order valence-corrected chi connectivity index (χ1v) is 15.7. The zero-order valence-electron chi connectivity index (χ0n) is 23.4. The van der Waals surface area contributed by atoms with Gasteiger partial charge in [0, 0.05) is 18.9 Å². The third kappa shape index (κ3) is 6.28. The van der Waals surface area contributed by atoms with Crippen LogP contribution in [0.5, 0.6) is 11.5 Å². The van der Waals surface area contributed by atoms with Crippen LogP contribution >= 0.6 is 0 Å². The number of hydrogen-bond donors (Lipinski definition) is 1. The molecule has 1 aliphatic heterocycles. The van der Waals surface area contributed by atoms with Crippen LogP contribution in [0.1, 0.15) is 89.1 Å². The van der Waals surface area contributed by atoms with Gasteiger partial charge in [-0.15, -0.1) is 0 Å². The van der Waals surface area contributed by atoms with Crippen LogP contribution in [0, 0.1) is 0 Å². The van der Waals surface area contributed by atoms with E-state index in [-0.39, 0.29) is 18.7 Å². The second kappa shape index (κ2) is 12.9. The first-order valence-electron chi connectivity index (χ1n) is 14.3. The molecule has 0 saturated heterocycles. The van der Waals surface area contributed by atoms with Crippen molar-refractivity contribution in [1.82, 2.24) is 9.97 Å². The third-order valence-corrected chi connectivity index (χ3v) is 9.20. The number of nitrogens with zero attached hydrogens (tertiary/aromatic N) is 3. The van der Waals surface area contributed by atoms with Gasteiger partial charge in [-0.1, -0.05) is 64.7 Å². The van der Waals surface area contributed by atoms with E-state index in [0.717, 1.165) is 67.8 Å². The largest absolute Gasteiger partial charge is 0.453 e. The van der Waals surface area contributed by atoms with Crippen molar-refractivity contribution in [1.29, 1.82) is 0 Å². The number of hydrogen-bond acceptors (Lipinski definition) is 6. The van der Waals surface area contributed by atoms with Gasteiger partial charge in [0.05, 0.1) is 11.4 Å². The van der Waals surface area contributed by atoms with Gasteiger partial charge in [-0.05, 0) is 73.9 Å². The van der Waals surface area contributed by atoms with Crippen LogP contribution in [0.15, 0.2) is 54.9 Å². The molecule has 1 unspecified atom stereocenters. The Morgan fingerprint density at radius 2 is 1.56 bits per heavy atom. The van der Waals surface area contributed by atoms with Crippen LogP contribution < -0.4 is 9.64 Å². The fourth-order valence-corrected chi connectivity index (χ4v) is 6.48.